The van der Waals surface area contributed by atoms with Crippen LogP contribution in [0, 0.1) is 0 Å². The first-order valence-corrected chi connectivity index (χ1v) is 4.81. The van der Waals surface area contributed by atoms with E-state index in [1.807, 2.05) is 0 Å². The van der Waals surface area contributed by atoms with Crippen LogP contribution in [0.15, 0.2) is 24.3 Å². The molecule has 0 aromatic heterocycles. The van der Waals surface area contributed by atoms with Crippen molar-refractivity contribution in [3.05, 3.63) is 24.3 Å². The Morgan fingerprint density at radius 3 is 2.09 bits per heavy atom. The average Bonchev–Trinajstić information content (AvgIpc) is 1.86. The molecule has 0 bridgehead atoms. The molecule has 0 aliphatic rings. The molecule has 1 rings (SSSR count). The van der Waals surface area contributed by atoms with Gasteiger partial charge in [0.2, 0.25) is 0 Å². The monoisotopic (exact) mass is 176 g/mol. The van der Waals surface area contributed by atoms with Crippen LogP contribution < -0.4 is 5.30 Å². The van der Waals surface area contributed by atoms with Gasteiger partial charge in [-0.1, -0.05) is 0 Å². The maximum absolute atomic E-state index is 8.87. The Labute approximate surface area is 64.0 Å². The number of hydrogen-bond acceptors (Lipinski definition) is 4. The molecule has 0 spiro atoms. The van der Waals surface area contributed by atoms with E-state index in [1.54, 1.807) is 0 Å². The van der Waals surface area contributed by atoms with Gasteiger partial charge in [-0.25, -0.2) is 0 Å². The summed E-state index contributed by atoms with van der Waals surface area (Å²) in [6.07, 6.45) is 0. The molecule has 1 aromatic rings. The van der Waals surface area contributed by atoms with Gasteiger partial charge in [0.1, 0.15) is 0 Å². The molecule has 11 heavy (non-hydrogen) atoms. The minimum absolute atomic E-state index is 0.0301. The maximum atomic E-state index is 8.87. The molecule has 0 saturated heterocycles. The number of benzene rings is 1. The Bertz CT molecular complexity index is 255. The minimum atomic E-state index is -4.22. The Hall–Kier alpha value is -0.670. The van der Waals surface area contributed by atoms with Crippen LogP contribution in [-0.2, 0) is 0 Å². The fraction of sp³-hybridized carbons (Fsp3) is 0. The molecule has 1 aromatic carbocycles. The van der Waals surface area contributed by atoms with Gasteiger partial charge in [0.15, 0.2) is 0 Å². The van der Waals surface area contributed by atoms with Crippen LogP contribution >= 0.6 is 7.94 Å². The molecule has 0 fully saturated rings. The Kier molecular flexibility index (Phi) is 2.11. The summed E-state index contributed by atoms with van der Waals surface area (Å²) in [4.78, 5) is 26.3. The van der Waals surface area contributed by atoms with Crippen molar-refractivity contribution in [1.82, 2.24) is 0 Å². The molecule has 0 atom stereocenters. The average molecular weight is 176 g/mol. The zero-order valence-electron chi connectivity index (χ0n) is 5.60. The van der Waals surface area contributed by atoms with Gasteiger partial charge in [0.05, 0.1) is 0 Å². The number of hydrogen-bond donors (Lipinski definition) is 4. The van der Waals surface area contributed by atoms with Gasteiger partial charge in [0.25, 0.3) is 0 Å². The van der Waals surface area contributed by atoms with Gasteiger partial charge in [0, 0.05) is 0 Å². The first kappa shape index (κ1) is 8.43. The zero-order valence-corrected chi connectivity index (χ0v) is 6.60. The van der Waals surface area contributed by atoms with Crippen molar-refractivity contribution in [3.63, 3.8) is 0 Å². The van der Waals surface area contributed by atoms with Crippen molar-refractivity contribution in [2.24, 2.45) is 0 Å². The summed E-state index contributed by atoms with van der Waals surface area (Å²) in [5, 5.41) is 8.84. The van der Waals surface area contributed by atoms with Gasteiger partial charge in [-0.15, -0.1) is 0 Å². The van der Waals surface area contributed by atoms with Crippen molar-refractivity contribution < 1.29 is 19.8 Å². The summed E-state index contributed by atoms with van der Waals surface area (Å²) in [6.45, 7) is 0. The van der Waals surface area contributed by atoms with Gasteiger partial charge >= 0.3 is 63.0 Å². The van der Waals surface area contributed by atoms with Gasteiger partial charge < -0.3 is 0 Å². The van der Waals surface area contributed by atoms with E-state index in [9.17, 15) is 0 Å². The second-order valence-corrected chi connectivity index (χ2v) is 4.03. The third kappa shape index (κ3) is 2.13. The van der Waals surface area contributed by atoms with Crippen molar-refractivity contribution in [1.29, 1.82) is 0 Å². The molecule has 0 unspecified atom stereocenters. The van der Waals surface area contributed by atoms with Crippen LogP contribution in [0.3, 0.4) is 0 Å². The van der Waals surface area contributed by atoms with E-state index < -0.39 is 7.94 Å². The van der Waals surface area contributed by atoms with Crippen molar-refractivity contribution in [2.45, 2.75) is 0 Å². The molecule has 0 radical (unpaired) electrons. The molecule has 0 aliphatic heterocycles. The summed E-state index contributed by atoms with van der Waals surface area (Å²) in [6, 6.07) is 5.26. The molecule has 4 nitrogen and oxygen atoms in total. The molecule has 0 amide bonds. The summed E-state index contributed by atoms with van der Waals surface area (Å²) in [5.41, 5.74) is 0. The van der Waals surface area contributed by atoms with Crippen LogP contribution in [0.5, 0.6) is 5.75 Å². The molecular formula is C6H9O4P. The van der Waals surface area contributed by atoms with E-state index in [1.165, 1.54) is 18.2 Å². The van der Waals surface area contributed by atoms with Crippen LogP contribution in [0.4, 0.5) is 0 Å². The topological polar surface area (TPSA) is 80.9 Å². The molecule has 0 aliphatic carbocycles. The Balaban J connectivity index is 3.06. The first-order chi connectivity index (χ1) is 5.00. The standard InChI is InChI=1S/C6H9O4P/c7-5-2-1-3-6(4-5)11(8,9)10/h1-4,7-11H. The van der Waals surface area contributed by atoms with E-state index >= 15 is 0 Å². The number of phenolic OH excluding ortho intramolecular Hbond substituents is 1. The predicted molar refractivity (Wildman–Crippen MR) is 42.7 cm³/mol. The van der Waals surface area contributed by atoms with Crippen molar-refractivity contribution in [3.8, 4) is 5.75 Å². The SMILES string of the molecule is Oc1cccc([PH](O)(O)O)c1. The summed E-state index contributed by atoms with van der Waals surface area (Å²) < 4.78 is 0. The van der Waals surface area contributed by atoms with E-state index in [-0.39, 0.29) is 11.1 Å². The molecular weight excluding hydrogens is 167 g/mol. The zero-order chi connectivity index (χ0) is 8.48. The Morgan fingerprint density at radius 1 is 1.09 bits per heavy atom. The molecule has 4 N–H and O–H groups in total. The number of rotatable bonds is 1. The van der Waals surface area contributed by atoms with E-state index in [0.717, 1.165) is 6.07 Å². The Morgan fingerprint density at radius 2 is 1.73 bits per heavy atom. The summed E-state index contributed by atoms with van der Waals surface area (Å²) in [7, 11) is -4.22. The van der Waals surface area contributed by atoms with Crippen LogP contribution in [0.25, 0.3) is 0 Å². The van der Waals surface area contributed by atoms with E-state index in [0.29, 0.717) is 0 Å². The van der Waals surface area contributed by atoms with E-state index in [2.05, 4.69) is 0 Å². The fourth-order valence-electron chi connectivity index (χ4n) is 0.715. The van der Waals surface area contributed by atoms with Crippen LogP contribution in [0.2, 0.25) is 0 Å². The molecule has 5 heteroatoms. The first-order valence-electron chi connectivity index (χ1n) is 2.97. The van der Waals surface area contributed by atoms with E-state index in [4.69, 9.17) is 19.8 Å². The van der Waals surface area contributed by atoms with Crippen LogP contribution in [0.1, 0.15) is 0 Å². The quantitative estimate of drug-likeness (QED) is 0.434. The van der Waals surface area contributed by atoms with Crippen molar-refractivity contribution >= 4 is 13.2 Å². The fourth-order valence-corrected chi connectivity index (χ4v) is 1.38. The molecule has 0 heterocycles. The molecule has 0 saturated carbocycles. The predicted octanol–water partition coefficient (Wildman–Crippen LogP) is -0.511. The summed E-state index contributed by atoms with van der Waals surface area (Å²) in [5.74, 6) is -0.100. The number of phenols is 1. The van der Waals surface area contributed by atoms with Gasteiger partial charge in [-0.05, 0) is 0 Å². The van der Waals surface area contributed by atoms with Gasteiger partial charge in [-0.2, -0.15) is 0 Å². The second kappa shape index (κ2) is 2.75. The normalized spacial score (nSPS) is 13.0. The second-order valence-electron chi connectivity index (χ2n) is 2.19. The van der Waals surface area contributed by atoms with Crippen LogP contribution in [-0.4, -0.2) is 19.8 Å². The molecule has 62 valence electrons. The third-order valence-electron chi connectivity index (χ3n) is 1.23. The van der Waals surface area contributed by atoms with Gasteiger partial charge in [-0.3, -0.25) is 0 Å². The van der Waals surface area contributed by atoms with Crippen molar-refractivity contribution in [2.75, 3.05) is 0 Å². The summed E-state index contributed by atoms with van der Waals surface area (Å²) >= 11 is 0. The number of aromatic hydroxyl groups is 1. The third-order valence-corrected chi connectivity index (χ3v) is 2.32.